The largest absolute Gasteiger partial charge is 0.479 e. The highest BCUT2D eigenvalue weighted by molar-refractivity contribution is 5.75. The molecule has 0 aromatic heterocycles. The van der Waals surface area contributed by atoms with E-state index in [0.29, 0.717) is 6.42 Å². The summed E-state index contributed by atoms with van der Waals surface area (Å²) in [5, 5.41) is 0. The quantitative estimate of drug-likeness (QED) is 0.773. The number of hydrogen-bond acceptors (Lipinski definition) is 3. The monoisotopic (exact) mass is 276 g/mol. The maximum absolute atomic E-state index is 12.4. The van der Waals surface area contributed by atoms with E-state index >= 15 is 0 Å². The molecule has 0 saturated carbocycles. The van der Waals surface area contributed by atoms with Gasteiger partial charge in [-0.05, 0) is 37.6 Å². The van der Waals surface area contributed by atoms with E-state index in [-0.39, 0.29) is 12.4 Å². The van der Waals surface area contributed by atoms with Crippen molar-refractivity contribution in [1.29, 1.82) is 0 Å². The van der Waals surface area contributed by atoms with Gasteiger partial charge in [-0.25, -0.2) is 4.79 Å². The zero-order valence-corrected chi connectivity index (χ0v) is 10.7. The lowest BCUT2D eigenvalue weighted by Gasteiger charge is -2.16. The topological polar surface area (TPSA) is 35.5 Å². The molecule has 0 aliphatic carbocycles. The number of carbonyl (C=O) groups is 1. The van der Waals surface area contributed by atoms with Gasteiger partial charge in [-0.3, -0.25) is 0 Å². The van der Waals surface area contributed by atoms with E-state index in [2.05, 4.69) is 0 Å². The highest BCUT2D eigenvalue weighted by Gasteiger charge is 2.30. The summed E-state index contributed by atoms with van der Waals surface area (Å²) < 4.78 is 47.2. The molecule has 1 atom stereocenters. The lowest BCUT2D eigenvalue weighted by atomic mass is 10.2. The van der Waals surface area contributed by atoms with Crippen LogP contribution in [0.15, 0.2) is 24.3 Å². The van der Waals surface area contributed by atoms with Crippen LogP contribution < -0.4 is 4.74 Å². The van der Waals surface area contributed by atoms with Crippen LogP contribution in [0, 0.1) is 0 Å². The molecule has 106 valence electrons. The molecule has 0 radical (unpaired) electrons. The maximum Gasteiger partial charge on any atom is 0.416 e. The van der Waals surface area contributed by atoms with Crippen molar-refractivity contribution in [2.45, 2.75) is 32.5 Å². The predicted molar refractivity (Wildman–Crippen MR) is 62.8 cm³/mol. The second-order valence-corrected chi connectivity index (χ2v) is 3.79. The Morgan fingerprint density at radius 1 is 1.21 bits per heavy atom. The normalized spacial score (nSPS) is 12.9. The van der Waals surface area contributed by atoms with E-state index in [1.54, 1.807) is 13.8 Å². The molecule has 0 saturated heterocycles. The Hall–Kier alpha value is -1.72. The van der Waals surface area contributed by atoms with E-state index in [1.807, 2.05) is 0 Å². The van der Waals surface area contributed by atoms with Gasteiger partial charge < -0.3 is 9.47 Å². The van der Waals surface area contributed by atoms with Gasteiger partial charge in [0.25, 0.3) is 0 Å². The molecular formula is C13H15F3O3. The molecular weight excluding hydrogens is 261 g/mol. The molecule has 1 aromatic rings. The molecule has 19 heavy (non-hydrogen) atoms. The molecule has 0 spiro atoms. The summed E-state index contributed by atoms with van der Waals surface area (Å²) in [5.41, 5.74) is -0.760. The first-order valence-corrected chi connectivity index (χ1v) is 5.89. The lowest BCUT2D eigenvalue weighted by Crippen LogP contribution is -2.28. The smallest absolute Gasteiger partial charge is 0.416 e. The predicted octanol–water partition coefficient (Wildman–Crippen LogP) is 3.43. The van der Waals surface area contributed by atoms with Crippen LogP contribution in [0.2, 0.25) is 0 Å². The van der Waals surface area contributed by atoms with Gasteiger partial charge in [0.2, 0.25) is 0 Å². The van der Waals surface area contributed by atoms with Crippen LogP contribution in [0.25, 0.3) is 0 Å². The summed E-state index contributed by atoms with van der Waals surface area (Å²) in [6.45, 7) is 3.63. The van der Waals surface area contributed by atoms with Crippen LogP contribution in [0.5, 0.6) is 5.75 Å². The van der Waals surface area contributed by atoms with Gasteiger partial charge in [-0.15, -0.1) is 0 Å². The zero-order valence-electron chi connectivity index (χ0n) is 10.7. The first kappa shape index (κ1) is 15.3. The van der Waals surface area contributed by atoms with Crippen molar-refractivity contribution in [2.75, 3.05) is 6.61 Å². The van der Waals surface area contributed by atoms with Gasteiger partial charge in [-0.2, -0.15) is 13.2 Å². The summed E-state index contributed by atoms with van der Waals surface area (Å²) in [4.78, 5) is 11.5. The van der Waals surface area contributed by atoms with Crippen LogP contribution in [0.1, 0.15) is 25.8 Å². The third-order valence-corrected chi connectivity index (χ3v) is 2.38. The Morgan fingerprint density at radius 2 is 1.79 bits per heavy atom. The number of halogens is 3. The summed E-state index contributed by atoms with van der Waals surface area (Å²) in [5.74, 6) is -0.321. The number of esters is 1. The third kappa shape index (κ3) is 4.46. The van der Waals surface area contributed by atoms with Crippen LogP contribution in [0.4, 0.5) is 13.2 Å². The second-order valence-electron chi connectivity index (χ2n) is 3.79. The van der Waals surface area contributed by atoms with Crippen molar-refractivity contribution in [1.82, 2.24) is 0 Å². The van der Waals surface area contributed by atoms with Crippen molar-refractivity contribution >= 4 is 5.97 Å². The highest BCUT2D eigenvalue weighted by Crippen LogP contribution is 2.30. The average molecular weight is 276 g/mol. The van der Waals surface area contributed by atoms with Gasteiger partial charge in [0, 0.05) is 0 Å². The number of hydrogen-bond donors (Lipinski definition) is 0. The number of carbonyl (C=O) groups excluding carboxylic acids is 1. The summed E-state index contributed by atoms with van der Waals surface area (Å²) in [7, 11) is 0. The Bertz CT molecular complexity index is 412. The molecule has 0 aliphatic rings. The minimum Gasteiger partial charge on any atom is -0.479 e. The van der Waals surface area contributed by atoms with Gasteiger partial charge in [0.1, 0.15) is 5.75 Å². The summed E-state index contributed by atoms with van der Waals surface area (Å²) >= 11 is 0. The van der Waals surface area contributed by atoms with Gasteiger partial charge in [0.15, 0.2) is 6.10 Å². The maximum atomic E-state index is 12.4. The standard InChI is InChI=1S/C13H15F3O3/c1-3-11(12(17)18-4-2)19-10-7-5-9(6-8-10)13(14,15)16/h5-8,11H,3-4H2,1-2H3. The third-order valence-electron chi connectivity index (χ3n) is 2.38. The SMILES string of the molecule is CCOC(=O)C(CC)Oc1ccc(C(F)(F)F)cc1. The minimum absolute atomic E-state index is 0.202. The van der Waals surface area contributed by atoms with E-state index in [1.165, 1.54) is 12.1 Å². The first-order valence-electron chi connectivity index (χ1n) is 5.89. The van der Waals surface area contributed by atoms with Crippen molar-refractivity contribution in [2.24, 2.45) is 0 Å². The molecule has 0 N–H and O–H groups in total. The molecule has 1 unspecified atom stereocenters. The zero-order chi connectivity index (χ0) is 14.5. The van der Waals surface area contributed by atoms with E-state index in [9.17, 15) is 18.0 Å². The number of ether oxygens (including phenoxy) is 2. The molecule has 0 heterocycles. The van der Waals surface area contributed by atoms with Crippen LogP contribution in [-0.4, -0.2) is 18.7 Å². The number of alkyl halides is 3. The fourth-order valence-corrected chi connectivity index (χ4v) is 1.42. The molecule has 1 rings (SSSR count). The van der Waals surface area contributed by atoms with Crippen molar-refractivity contribution in [3.05, 3.63) is 29.8 Å². The summed E-state index contributed by atoms with van der Waals surface area (Å²) in [6.07, 6.45) is -4.82. The molecule has 1 aromatic carbocycles. The van der Waals surface area contributed by atoms with Crippen molar-refractivity contribution in [3.63, 3.8) is 0 Å². The fraction of sp³-hybridized carbons (Fsp3) is 0.462. The van der Waals surface area contributed by atoms with E-state index < -0.39 is 23.8 Å². The van der Waals surface area contributed by atoms with Gasteiger partial charge >= 0.3 is 12.1 Å². The van der Waals surface area contributed by atoms with E-state index in [0.717, 1.165) is 12.1 Å². The summed E-state index contributed by atoms with van der Waals surface area (Å²) in [6, 6.07) is 4.19. The molecule has 3 nitrogen and oxygen atoms in total. The van der Waals surface area contributed by atoms with Crippen molar-refractivity contribution in [3.8, 4) is 5.75 Å². The van der Waals surface area contributed by atoms with Gasteiger partial charge in [-0.1, -0.05) is 6.92 Å². The second kappa shape index (κ2) is 6.45. The molecule has 0 aliphatic heterocycles. The molecule has 0 bridgehead atoms. The van der Waals surface area contributed by atoms with Crippen molar-refractivity contribution < 1.29 is 27.4 Å². The Balaban J connectivity index is 2.73. The highest BCUT2D eigenvalue weighted by atomic mass is 19.4. The fourth-order valence-electron chi connectivity index (χ4n) is 1.42. The lowest BCUT2D eigenvalue weighted by molar-refractivity contribution is -0.151. The first-order chi connectivity index (χ1) is 8.88. The molecule has 6 heteroatoms. The van der Waals surface area contributed by atoms with Crippen LogP contribution in [-0.2, 0) is 15.7 Å². The van der Waals surface area contributed by atoms with Crippen LogP contribution in [0.3, 0.4) is 0 Å². The van der Waals surface area contributed by atoms with Crippen LogP contribution >= 0.6 is 0 Å². The van der Waals surface area contributed by atoms with Gasteiger partial charge in [0.05, 0.1) is 12.2 Å². The number of benzene rings is 1. The number of rotatable bonds is 5. The molecule has 0 amide bonds. The minimum atomic E-state index is -4.39. The Kier molecular flexibility index (Phi) is 5.20. The average Bonchev–Trinajstić information content (AvgIpc) is 2.35. The van der Waals surface area contributed by atoms with E-state index in [4.69, 9.17) is 9.47 Å². The molecule has 0 fully saturated rings. The Labute approximate surface area is 109 Å². The Morgan fingerprint density at radius 3 is 2.21 bits per heavy atom.